The van der Waals surface area contributed by atoms with Crippen LogP contribution in [0.1, 0.15) is 13.8 Å². The van der Waals surface area contributed by atoms with Crippen LogP contribution in [-0.2, 0) is 42.4 Å². The van der Waals surface area contributed by atoms with Crippen molar-refractivity contribution in [3.8, 4) is 0 Å². The third kappa shape index (κ3) is 16.3. The maximum absolute atomic E-state index is 5.51. The van der Waals surface area contributed by atoms with Crippen LogP contribution in [0.5, 0.6) is 0 Å². The maximum Gasteiger partial charge on any atom is 0.862 e. The van der Waals surface area contributed by atoms with Crippen LogP contribution in [0.2, 0.25) is 0 Å². The lowest BCUT2D eigenvalue weighted by atomic mass is 10.2. The second-order valence-corrected chi connectivity index (χ2v) is 5.85. The molecule has 0 atom stereocenters. The van der Waals surface area contributed by atoms with E-state index in [1.807, 2.05) is 13.8 Å². The fourth-order valence-corrected chi connectivity index (χ4v) is 1.90. The standard InChI is InChI=1S/C20H35BO9/c1-3-22-14-16-24-8-5-11-28-21(29-12-6-9-25-17-15-23-4-2)30-13-7-10-27-20-18-26-19-20/h5-7,11-13,20H,3-4,8-10,14-19H2,1-2H3/b11-5-,12-6+,13-7+. The van der Waals surface area contributed by atoms with Crippen LogP contribution in [0.25, 0.3) is 0 Å². The van der Waals surface area contributed by atoms with Crippen LogP contribution in [0.4, 0.5) is 0 Å². The molecule has 9 nitrogen and oxygen atoms in total. The minimum atomic E-state index is -0.951. The number of hydrogen-bond acceptors (Lipinski definition) is 9. The van der Waals surface area contributed by atoms with Crippen molar-refractivity contribution >= 4 is 7.32 Å². The van der Waals surface area contributed by atoms with Crippen molar-refractivity contribution in [3.05, 3.63) is 37.0 Å². The van der Waals surface area contributed by atoms with E-state index < -0.39 is 7.32 Å². The third-order valence-electron chi connectivity index (χ3n) is 3.47. The van der Waals surface area contributed by atoms with Crippen molar-refractivity contribution < 1.29 is 42.4 Å². The van der Waals surface area contributed by atoms with Gasteiger partial charge in [-0.2, -0.15) is 0 Å². The van der Waals surface area contributed by atoms with Crippen molar-refractivity contribution in [2.45, 2.75) is 20.0 Å². The Bertz CT molecular complexity index is 430. The van der Waals surface area contributed by atoms with E-state index in [1.165, 1.54) is 18.8 Å². The van der Waals surface area contributed by atoms with Gasteiger partial charge in [0.25, 0.3) is 0 Å². The molecule has 0 spiro atoms. The molecule has 1 fully saturated rings. The van der Waals surface area contributed by atoms with Crippen LogP contribution >= 0.6 is 0 Å². The molecule has 10 heteroatoms. The Labute approximate surface area is 180 Å². The lowest BCUT2D eigenvalue weighted by Crippen LogP contribution is -2.36. The molecule has 0 unspecified atom stereocenters. The minimum Gasteiger partial charge on any atom is -0.497 e. The highest BCUT2D eigenvalue weighted by Crippen LogP contribution is 2.05. The summed E-state index contributed by atoms with van der Waals surface area (Å²) in [5, 5.41) is 0. The zero-order valence-corrected chi connectivity index (χ0v) is 18.1. The summed E-state index contributed by atoms with van der Waals surface area (Å²) in [6, 6.07) is 0. The maximum atomic E-state index is 5.51. The first-order valence-electron chi connectivity index (χ1n) is 10.3. The number of hydrogen-bond donors (Lipinski definition) is 0. The third-order valence-corrected chi connectivity index (χ3v) is 3.47. The van der Waals surface area contributed by atoms with Crippen molar-refractivity contribution in [2.75, 3.05) is 72.7 Å². The van der Waals surface area contributed by atoms with Gasteiger partial charge in [0.1, 0.15) is 6.10 Å². The summed E-state index contributed by atoms with van der Waals surface area (Å²) >= 11 is 0. The molecule has 0 saturated carbocycles. The zero-order valence-electron chi connectivity index (χ0n) is 18.1. The zero-order chi connectivity index (χ0) is 21.5. The highest BCUT2D eigenvalue weighted by atomic mass is 16.7. The largest absolute Gasteiger partial charge is 0.862 e. The summed E-state index contributed by atoms with van der Waals surface area (Å²) in [6.07, 6.45) is 9.74. The topological polar surface area (TPSA) is 83.1 Å². The van der Waals surface area contributed by atoms with Crippen molar-refractivity contribution in [1.29, 1.82) is 0 Å². The average Bonchev–Trinajstić information content (AvgIpc) is 2.72. The van der Waals surface area contributed by atoms with Gasteiger partial charge in [0.05, 0.1) is 78.2 Å². The molecule has 30 heavy (non-hydrogen) atoms. The monoisotopic (exact) mass is 430 g/mol. The molecule has 0 aliphatic carbocycles. The molecule has 1 aliphatic heterocycles. The molecule has 0 radical (unpaired) electrons. The minimum absolute atomic E-state index is 0.161. The predicted molar refractivity (Wildman–Crippen MR) is 112 cm³/mol. The summed E-state index contributed by atoms with van der Waals surface area (Å²) in [5.41, 5.74) is 0. The first-order valence-corrected chi connectivity index (χ1v) is 10.3. The second kappa shape index (κ2) is 20.7. The molecule has 1 saturated heterocycles. The molecule has 0 aromatic heterocycles. The fourth-order valence-electron chi connectivity index (χ4n) is 1.90. The lowest BCUT2D eigenvalue weighted by molar-refractivity contribution is -0.122. The van der Waals surface area contributed by atoms with Crippen LogP contribution in [-0.4, -0.2) is 86.1 Å². The summed E-state index contributed by atoms with van der Waals surface area (Å²) in [6.45, 7) is 9.92. The Morgan fingerprint density at radius 2 is 1.17 bits per heavy atom. The van der Waals surface area contributed by atoms with E-state index in [2.05, 4.69) is 0 Å². The summed E-state index contributed by atoms with van der Waals surface area (Å²) in [7, 11) is -0.951. The molecule has 0 amide bonds. The van der Waals surface area contributed by atoms with Crippen LogP contribution in [0.3, 0.4) is 0 Å². The van der Waals surface area contributed by atoms with Crippen molar-refractivity contribution in [1.82, 2.24) is 0 Å². The van der Waals surface area contributed by atoms with E-state index in [0.29, 0.717) is 72.7 Å². The van der Waals surface area contributed by atoms with Gasteiger partial charge in [-0.25, -0.2) is 0 Å². The van der Waals surface area contributed by atoms with Crippen LogP contribution < -0.4 is 0 Å². The van der Waals surface area contributed by atoms with Gasteiger partial charge < -0.3 is 42.4 Å². The molecule has 1 aliphatic rings. The summed E-state index contributed by atoms with van der Waals surface area (Å²) in [4.78, 5) is 0. The van der Waals surface area contributed by atoms with E-state index in [1.54, 1.807) is 18.2 Å². The Morgan fingerprint density at radius 3 is 1.60 bits per heavy atom. The number of ether oxygens (including phenoxy) is 6. The summed E-state index contributed by atoms with van der Waals surface area (Å²) in [5.74, 6) is 0. The van der Waals surface area contributed by atoms with Gasteiger partial charge in [0.15, 0.2) is 0 Å². The van der Waals surface area contributed by atoms with Gasteiger partial charge in [0, 0.05) is 13.2 Å². The molecule has 172 valence electrons. The Balaban J connectivity index is 2.22. The van der Waals surface area contributed by atoms with E-state index in [4.69, 9.17) is 42.4 Å². The Kier molecular flexibility index (Phi) is 18.3. The molecule has 0 bridgehead atoms. The fraction of sp³-hybridized carbons (Fsp3) is 0.700. The summed E-state index contributed by atoms with van der Waals surface area (Å²) < 4.78 is 48.0. The van der Waals surface area contributed by atoms with Gasteiger partial charge in [-0.1, -0.05) is 0 Å². The van der Waals surface area contributed by atoms with Gasteiger partial charge in [-0.15, -0.1) is 0 Å². The Morgan fingerprint density at radius 1 is 0.700 bits per heavy atom. The van der Waals surface area contributed by atoms with Crippen LogP contribution in [0.15, 0.2) is 37.0 Å². The average molecular weight is 430 g/mol. The smallest absolute Gasteiger partial charge is 0.497 e. The Hall–Kier alpha value is -1.56. The van der Waals surface area contributed by atoms with E-state index in [9.17, 15) is 0 Å². The second-order valence-electron chi connectivity index (χ2n) is 5.85. The van der Waals surface area contributed by atoms with Gasteiger partial charge in [0.2, 0.25) is 0 Å². The first-order chi connectivity index (χ1) is 14.9. The van der Waals surface area contributed by atoms with E-state index >= 15 is 0 Å². The van der Waals surface area contributed by atoms with Crippen LogP contribution in [0, 0.1) is 0 Å². The van der Waals surface area contributed by atoms with Gasteiger partial charge in [-0.05, 0) is 32.1 Å². The quantitative estimate of drug-likeness (QED) is 0.154. The van der Waals surface area contributed by atoms with Gasteiger partial charge in [-0.3, -0.25) is 0 Å². The molecule has 1 heterocycles. The molecule has 0 aromatic rings. The molecule has 0 aromatic carbocycles. The van der Waals surface area contributed by atoms with Crippen molar-refractivity contribution in [2.24, 2.45) is 0 Å². The van der Waals surface area contributed by atoms with E-state index in [0.717, 1.165) is 0 Å². The van der Waals surface area contributed by atoms with E-state index in [-0.39, 0.29) is 6.10 Å². The highest BCUT2D eigenvalue weighted by molar-refractivity contribution is 6.37. The number of rotatable bonds is 21. The highest BCUT2D eigenvalue weighted by Gasteiger charge is 2.24. The normalized spacial score (nSPS) is 14.6. The molecular formula is C20H35BO9. The molecule has 1 rings (SSSR count). The molecular weight excluding hydrogens is 395 g/mol. The lowest BCUT2D eigenvalue weighted by Gasteiger charge is -2.25. The first kappa shape index (κ1) is 26.5. The SMILES string of the molecule is CCOCCOC/C=C\OB(O/C=C/COCCOCC)O/C=C/COC1COC1. The predicted octanol–water partition coefficient (Wildman–Crippen LogP) is 2.08. The van der Waals surface area contributed by atoms with Gasteiger partial charge >= 0.3 is 7.32 Å². The molecule has 0 N–H and O–H groups in total. The van der Waals surface area contributed by atoms with Crippen molar-refractivity contribution in [3.63, 3.8) is 0 Å².